The molecule has 2 rings (SSSR count). The molecule has 1 atom stereocenters. The molecule has 0 unspecified atom stereocenters. The van der Waals surface area contributed by atoms with E-state index in [9.17, 15) is 9.59 Å². The second kappa shape index (κ2) is 9.27. The molecule has 1 aromatic carbocycles. The molecule has 0 saturated carbocycles. The Morgan fingerprint density at radius 3 is 2.54 bits per heavy atom. The minimum atomic E-state index is -0.263. The predicted octanol–water partition coefficient (Wildman–Crippen LogP) is 2.07. The summed E-state index contributed by atoms with van der Waals surface area (Å²) in [5.74, 6) is -0.00707. The van der Waals surface area contributed by atoms with Crippen LogP contribution in [0.3, 0.4) is 0 Å². The minimum absolute atomic E-state index is 0.00707. The first-order chi connectivity index (χ1) is 11.6. The molecule has 1 heterocycles. The van der Waals surface area contributed by atoms with E-state index in [2.05, 4.69) is 10.6 Å². The van der Waals surface area contributed by atoms with Crippen molar-refractivity contribution in [2.45, 2.75) is 38.8 Å². The van der Waals surface area contributed by atoms with Crippen LogP contribution in [0, 0.1) is 0 Å². The van der Waals surface area contributed by atoms with Crippen molar-refractivity contribution in [3.05, 3.63) is 35.9 Å². The summed E-state index contributed by atoms with van der Waals surface area (Å²) in [5, 5.41) is 6.27. The van der Waals surface area contributed by atoms with E-state index < -0.39 is 0 Å². The summed E-state index contributed by atoms with van der Waals surface area (Å²) in [4.78, 5) is 25.4. The third kappa shape index (κ3) is 5.53. The number of hydrogen-bond acceptors (Lipinski definition) is 4. The Labute approximate surface area is 143 Å². The maximum absolute atomic E-state index is 12.1. The van der Waals surface area contributed by atoms with E-state index in [1.54, 1.807) is 11.8 Å². The third-order valence-electron chi connectivity index (χ3n) is 4.25. The van der Waals surface area contributed by atoms with Crippen LogP contribution in [0.15, 0.2) is 30.3 Å². The fourth-order valence-electron chi connectivity index (χ4n) is 2.81. The van der Waals surface area contributed by atoms with Crippen molar-refractivity contribution >= 4 is 12.0 Å². The van der Waals surface area contributed by atoms with Crippen LogP contribution in [0.5, 0.6) is 0 Å². The highest BCUT2D eigenvalue weighted by atomic mass is 16.6. The zero-order chi connectivity index (χ0) is 17.4. The highest BCUT2D eigenvalue weighted by Crippen LogP contribution is 2.12. The number of nitrogens with one attached hydrogen (secondary N) is 2. The number of rotatable bonds is 6. The lowest BCUT2D eigenvalue weighted by Gasteiger charge is -2.31. The van der Waals surface area contributed by atoms with Crippen LogP contribution in [0.2, 0.25) is 0 Å². The maximum Gasteiger partial charge on any atom is 0.409 e. The molecule has 0 aromatic heterocycles. The molecule has 6 nitrogen and oxygen atoms in total. The second-order valence-electron chi connectivity index (χ2n) is 6.04. The van der Waals surface area contributed by atoms with Crippen LogP contribution in [0.4, 0.5) is 4.79 Å². The minimum Gasteiger partial charge on any atom is -0.450 e. The van der Waals surface area contributed by atoms with Gasteiger partial charge in [0.2, 0.25) is 5.91 Å². The van der Waals surface area contributed by atoms with Crippen LogP contribution in [-0.4, -0.2) is 49.2 Å². The quantitative estimate of drug-likeness (QED) is 0.836. The van der Waals surface area contributed by atoms with E-state index in [1.807, 2.05) is 37.3 Å². The molecular formula is C18H27N3O3. The van der Waals surface area contributed by atoms with Crippen LogP contribution in [0.1, 0.15) is 38.3 Å². The molecule has 2 amide bonds. The number of carbonyl (C=O) groups excluding carboxylic acids is 2. The van der Waals surface area contributed by atoms with E-state index in [1.165, 1.54) is 0 Å². The van der Waals surface area contributed by atoms with Gasteiger partial charge in [-0.3, -0.25) is 4.79 Å². The molecule has 6 heteroatoms. The molecule has 24 heavy (non-hydrogen) atoms. The lowest BCUT2D eigenvalue weighted by molar-refractivity contribution is -0.121. The van der Waals surface area contributed by atoms with Crippen LogP contribution < -0.4 is 10.6 Å². The molecule has 1 aromatic rings. The summed E-state index contributed by atoms with van der Waals surface area (Å²) >= 11 is 0. The summed E-state index contributed by atoms with van der Waals surface area (Å²) in [6, 6.07) is 10.3. The van der Waals surface area contributed by atoms with Crippen LogP contribution in [-0.2, 0) is 9.53 Å². The highest BCUT2D eigenvalue weighted by molar-refractivity contribution is 5.78. The van der Waals surface area contributed by atoms with Gasteiger partial charge in [0.1, 0.15) is 0 Å². The SMILES string of the molecule is CCOC(=O)N1CCC(NC(=O)CN[C@@H](C)c2ccccc2)CC1. The van der Waals surface area contributed by atoms with Crippen molar-refractivity contribution in [2.75, 3.05) is 26.2 Å². The van der Waals surface area contributed by atoms with Gasteiger partial charge < -0.3 is 20.3 Å². The Hall–Kier alpha value is -2.08. The Kier molecular flexibility index (Phi) is 7.06. The number of likely N-dealkylation sites (tertiary alicyclic amines) is 1. The van der Waals surface area contributed by atoms with Gasteiger partial charge in [-0.2, -0.15) is 0 Å². The molecule has 0 spiro atoms. The molecular weight excluding hydrogens is 306 g/mol. The van der Waals surface area contributed by atoms with E-state index in [0.717, 1.165) is 18.4 Å². The number of nitrogens with zero attached hydrogens (tertiary/aromatic N) is 1. The van der Waals surface area contributed by atoms with E-state index in [-0.39, 0.29) is 30.6 Å². The molecule has 1 fully saturated rings. The summed E-state index contributed by atoms with van der Waals surface area (Å²) in [7, 11) is 0. The van der Waals surface area contributed by atoms with Gasteiger partial charge in [0, 0.05) is 25.2 Å². The van der Waals surface area contributed by atoms with E-state index in [4.69, 9.17) is 4.74 Å². The van der Waals surface area contributed by atoms with Gasteiger partial charge in [0.05, 0.1) is 13.2 Å². The van der Waals surface area contributed by atoms with Crippen molar-refractivity contribution in [1.29, 1.82) is 0 Å². The van der Waals surface area contributed by atoms with Crippen molar-refractivity contribution in [3.8, 4) is 0 Å². The fraction of sp³-hybridized carbons (Fsp3) is 0.556. The van der Waals surface area contributed by atoms with Gasteiger partial charge in [-0.1, -0.05) is 30.3 Å². The van der Waals surface area contributed by atoms with Crippen molar-refractivity contribution in [1.82, 2.24) is 15.5 Å². The number of ether oxygens (including phenoxy) is 1. The van der Waals surface area contributed by atoms with Crippen LogP contribution >= 0.6 is 0 Å². The second-order valence-corrected chi connectivity index (χ2v) is 6.04. The fourth-order valence-corrected chi connectivity index (χ4v) is 2.81. The molecule has 0 bridgehead atoms. The lowest BCUT2D eigenvalue weighted by atomic mass is 10.1. The smallest absolute Gasteiger partial charge is 0.409 e. The molecule has 2 N–H and O–H groups in total. The molecule has 1 aliphatic heterocycles. The number of amides is 2. The summed E-state index contributed by atoms with van der Waals surface area (Å²) in [6.45, 7) is 5.76. The van der Waals surface area contributed by atoms with Crippen molar-refractivity contribution < 1.29 is 14.3 Å². The van der Waals surface area contributed by atoms with Gasteiger partial charge in [-0.05, 0) is 32.3 Å². The number of carbonyl (C=O) groups is 2. The molecule has 1 aliphatic rings. The van der Waals surface area contributed by atoms with Crippen molar-refractivity contribution in [3.63, 3.8) is 0 Å². The topological polar surface area (TPSA) is 70.7 Å². The van der Waals surface area contributed by atoms with Gasteiger partial charge in [-0.15, -0.1) is 0 Å². The Morgan fingerprint density at radius 2 is 1.92 bits per heavy atom. The molecule has 132 valence electrons. The first-order valence-corrected chi connectivity index (χ1v) is 8.59. The monoisotopic (exact) mass is 333 g/mol. The Morgan fingerprint density at radius 1 is 1.25 bits per heavy atom. The number of piperidine rings is 1. The van der Waals surface area contributed by atoms with Crippen LogP contribution in [0.25, 0.3) is 0 Å². The molecule has 0 aliphatic carbocycles. The van der Waals surface area contributed by atoms with Gasteiger partial charge in [0.15, 0.2) is 0 Å². The standard InChI is InChI=1S/C18H27N3O3/c1-3-24-18(23)21-11-9-16(10-12-21)20-17(22)13-19-14(2)15-7-5-4-6-8-15/h4-8,14,16,19H,3,9-13H2,1-2H3,(H,20,22)/t14-/m0/s1. The molecule has 1 saturated heterocycles. The zero-order valence-corrected chi connectivity index (χ0v) is 14.5. The summed E-state index contributed by atoms with van der Waals surface area (Å²) in [6.07, 6.45) is 1.26. The normalized spacial score (nSPS) is 16.5. The van der Waals surface area contributed by atoms with Crippen molar-refractivity contribution in [2.24, 2.45) is 0 Å². The van der Waals surface area contributed by atoms with E-state index >= 15 is 0 Å². The average molecular weight is 333 g/mol. The average Bonchev–Trinajstić information content (AvgIpc) is 2.61. The molecule has 0 radical (unpaired) electrons. The zero-order valence-electron chi connectivity index (χ0n) is 14.5. The van der Waals surface area contributed by atoms with Gasteiger partial charge >= 0.3 is 6.09 Å². The Balaban J connectivity index is 1.67. The maximum atomic E-state index is 12.1. The largest absolute Gasteiger partial charge is 0.450 e. The first kappa shape index (κ1) is 18.3. The third-order valence-corrected chi connectivity index (χ3v) is 4.25. The van der Waals surface area contributed by atoms with Gasteiger partial charge in [-0.25, -0.2) is 4.79 Å². The Bertz CT molecular complexity index is 528. The highest BCUT2D eigenvalue weighted by Gasteiger charge is 2.24. The number of benzene rings is 1. The predicted molar refractivity (Wildman–Crippen MR) is 92.6 cm³/mol. The summed E-state index contributed by atoms with van der Waals surface area (Å²) in [5.41, 5.74) is 1.16. The summed E-state index contributed by atoms with van der Waals surface area (Å²) < 4.78 is 4.99. The van der Waals surface area contributed by atoms with Gasteiger partial charge in [0.25, 0.3) is 0 Å². The number of hydrogen-bond donors (Lipinski definition) is 2. The lowest BCUT2D eigenvalue weighted by Crippen LogP contribution is -2.48. The van der Waals surface area contributed by atoms with E-state index in [0.29, 0.717) is 19.7 Å². The first-order valence-electron chi connectivity index (χ1n) is 8.59.